The number of rotatable bonds is 35. The van der Waals surface area contributed by atoms with E-state index < -0.39 is 17.2 Å². The van der Waals surface area contributed by atoms with Crippen LogP contribution in [0.25, 0.3) is 0 Å². The lowest BCUT2D eigenvalue weighted by Gasteiger charge is -2.30. The van der Waals surface area contributed by atoms with Gasteiger partial charge in [-0.2, -0.15) is 0 Å². The summed E-state index contributed by atoms with van der Waals surface area (Å²) in [5, 5.41) is 0. The number of primary amides is 1. The summed E-state index contributed by atoms with van der Waals surface area (Å²) in [5.74, 6) is -0.990. The molecule has 0 rings (SSSR count). The van der Waals surface area contributed by atoms with Gasteiger partial charge in [0.05, 0.1) is 5.41 Å². The first-order valence-electron chi connectivity index (χ1n) is 19.9. The largest absolute Gasteiger partial charge is 0.369 e. The maximum atomic E-state index is 13.2. The molecule has 47 heavy (non-hydrogen) atoms. The van der Waals surface area contributed by atoms with Crippen molar-refractivity contribution in [3.05, 3.63) is 24.3 Å². The third-order valence-corrected chi connectivity index (χ3v) is 9.73. The Morgan fingerprint density at radius 3 is 1.19 bits per heavy atom. The molecule has 0 aliphatic rings. The summed E-state index contributed by atoms with van der Waals surface area (Å²) in [6.45, 7) is 7.98. The number of allylic oxidation sites excluding steroid dienone is 4. The number of ketones is 2. The Morgan fingerprint density at radius 2 is 0.830 bits per heavy atom. The second-order valence-electron chi connectivity index (χ2n) is 14.5. The van der Waals surface area contributed by atoms with Crippen molar-refractivity contribution < 1.29 is 14.4 Å². The van der Waals surface area contributed by atoms with E-state index in [0.29, 0.717) is 12.8 Å². The van der Waals surface area contributed by atoms with Gasteiger partial charge in [-0.1, -0.05) is 155 Å². The average Bonchev–Trinajstić information content (AvgIpc) is 3.03. The van der Waals surface area contributed by atoms with Crippen LogP contribution in [0, 0.1) is 11.3 Å². The number of nitrogens with two attached hydrogens (primary N) is 1. The van der Waals surface area contributed by atoms with Gasteiger partial charge < -0.3 is 11.9 Å². The zero-order valence-electron chi connectivity index (χ0n) is 31.9. The van der Waals surface area contributed by atoms with E-state index in [-0.39, 0.29) is 24.1 Å². The zero-order chi connectivity index (χ0) is 34.1. The van der Waals surface area contributed by atoms with Crippen LogP contribution in [0.15, 0.2) is 24.3 Å². The standard InChI is InChI=1S/C42H77NO3.H3N/c1-5-7-9-11-13-15-17-19-21-23-25-27-29-31-33-35-38(44)37-39(42(3,4)41(43)46)40(45)36-34-32-30-28-26-24-22-20-18-16-14-12-10-8-6-2;/h19-22,39H,5-18,23-37H2,1-4H3,(H2,43,46);1H3/b21-19-,22-20-;. The predicted molar refractivity (Wildman–Crippen MR) is 205 cm³/mol. The molecule has 5 heteroatoms. The first-order valence-corrected chi connectivity index (χ1v) is 19.9. The van der Waals surface area contributed by atoms with Crippen molar-refractivity contribution in [1.29, 1.82) is 0 Å². The van der Waals surface area contributed by atoms with E-state index in [1.807, 2.05) is 0 Å². The number of unbranched alkanes of at least 4 members (excludes halogenated alkanes) is 22. The van der Waals surface area contributed by atoms with E-state index in [1.165, 1.54) is 116 Å². The highest BCUT2D eigenvalue weighted by Crippen LogP contribution is 2.32. The maximum Gasteiger partial charge on any atom is 0.223 e. The highest BCUT2D eigenvalue weighted by molar-refractivity contribution is 5.94. The fraction of sp³-hybridized carbons (Fsp3) is 0.833. The van der Waals surface area contributed by atoms with Gasteiger partial charge >= 0.3 is 0 Å². The lowest BCUT2D eigenvalue weighted by atomic mass is 9.72. The smallest absolute Gasteiger partial charge is 0.223 e. The maximum absolute atomic E-state index is 13.2. The Bertz CT molecular complexity index is 802. The van der Waals surface area contributed by atoms with Gasteiger partial charge in [-0.25, -0.2) is 0 Å². The molecular weight excluding hydrogens is 580 g/mol. The molecule has 0 aromatic carbocycles. The minimum atomic E-state index is -1.00. The summed E-state index contributed by atoms with van der Waals surface area (Å²) in [6, 6.07) is 0. The molecule has 0 bridgehead atoms. The van der Waals surface area contributed by atoms with Crippen molar-refractivity contribution >= 4 is 17.5 Å². The van der Waals surface area contributed by atoms with E-state index in [0.717, 1.165) is 51.4 Å². The van der Waals surface area contributed by atoms with Crippen molar-refractivity contribution in [2.24, 2.45) is 17.1 Å². The van der Waals surface area contributed by atoms with Gasteiger partial charge in [0, 0.05) is 25.2 Å². The topological polar surface area (TPSA) is 112 Å². The summed E-state index contributed by atoms with van der Waals surface area (Å²) < 4.78 is 0. The van der Waals surface area contributed by atoms with Crippen molar-refractivity contribution in [3.8, 4) is 0 Å². The number of hydrogen-bond donors (Lipinski definition) is 2. The third kappa shape index (κ3) is 28.9. The second kappa shape index (κ2) is 34.1. The quantitative estimate of drug-likeness (QED) is 0.0520. The van der Waals surface area contributed by atoms with Crippen LogP contribution in [-0.2, 0) is 14.4 Å². The van der Waals surface area contributed by atoms with Crippen molar-refractivity contribution in [2.75, 3.05) is 0 Å². The van der Waals surface area contributed by atoms with E-state index in [4.69, 9.17) is 5.73 Å². The SMILES string of the molecule is CCCCCCCC/C=C\CCCCCCCC(=O)CC(C(=O)CCCCCCC/C=C\CCCCCCCC)C(C)(C)C(N)=O.N. The van der Waals surface area contributed by atoms with Gasteiger partial charge in [0.2, 0.25) is 5.91 Å². The monoisotopic (exact) mass is 661 g/mol. The van der Waals surface area contributed by atoms with Crippen LogP contribution >= 0.6 is 0 Å². The summed E-state index contributed by atoms with van der Waals surface area (Å²) >= 11 is 0. The number of carbonyl (C=O) groups excluding carboxylic acids is 3. The van der Waals surface area contributed by atoms with E-state index in [2.05, 4.69) is 38.2 Å². The molecule has 0 aromatic heterocycles. The summed E-state index contributed by atoms with van der Waals surface area (Å²) in [5.41, 5.74) is 4.69. The summed E-state index contributed by atoms with van der Waals surface area (Å²) in [6.07, 6.45) is 42.1. The molecule has 0 aliphatic heterocycles. The molecule has 0 fully saturated rings. The molecule has 1 unspecified atom stereocenters. The van der Waals surface area contributed by atoms with E-state index >= 15 is 0 Å². The van der Waals surface area contributed by atoms with Crippen molar-refractivity contribution in [2.45, 2.75) is 214 Å². The summed E-state index contributed by atoms with van der Waals surface area (Å²) in [4.78, 5) is 38.3. The second-order valence-corrected chi connectivity index (χ2v) is 14.5. The first kappa shape index (κ1) is 47.4. The van der Waals surface area contributed by atoms with Crippen molar-refractivity contribution in [3.63, 3.8) is 0 Å². The van der Waals surface area contributed by atoms with Crippen LogP contribution in [0.5, 0.6) is 0 Å². The Labute approximate surface area is 292 Å². The fourth-order valence-corrected chi connectivity index (χ4v) is 6.21. The minimum Gasteiger partial charge on any atom is -0.369 e. The predicted octanol–water partition coefficient (Wildman–Crippen LogP) is 12.9. The molecule has 0 radical (unpaired) electrons. The molecule has 0 spiro atoms. The minimum absolute atomic E-state index is 0. The van der Waals surface area contributed by atoms with Crippen LogP contribution in [0.1, 0.15) is 214 Å². The van der Waals surface area contributed by atoms with Gasteiger partial charge in [0.25, 0.3) is 0 Å². The van der Waals surface area contributed by atoms with Crippen molar-refractivity contribution in [1.82, 2.24) is 6.15 Å². The Hall–Kier alpha value is -1.75. The molecule has 0 heterocycles. The lowest BCUT2D eigenvalue weighted by Crippen LogP contribution is -2.43. The van der Waals surface area contributed by atoms with Crippen LogP contribution in [-0.4, -0.2) is 17.5 Å². The van der Waals surface area contributed by atoms with Gasteiger partial charge in [0.1, 0.15) is 11.6 Å². The van der Waals surface area contributed by atoms with Gasteiger partial charge in [-0.15, -0.1) is 0 Å². The van der Waals surface area contributed by atoms with Crippen LogP contribution in [0.2, 0.25) is 0 Å². The molecule has 0 saturated heterocycles. The van der Waals surface area contributed by atoms with Crippen LogP contribution < -0.4 is 11.9 Å². The highest BCUT2D eigenvalue weighted by atomic mass is 16.2. The number of Topliss-reactive ketones (excluding diaryl/α,β-unsaturated/α-hetero) is 2. The Kier molecular flexibility index (Phi) is 34.4. The zero-order valence-corrected chi connectivity index (χ0v) is 31.9. The molecule has 0 aliphatic carbocycles. The molecule has 0 saturated carbocycles. The first-order chi connectivity index (χ1) is 22.3. The van der Waals surface area contributed by atoms with E-state index in [1.54, 1.807) is 13.8 Å². The number of carbonyl (C=O) groups is 3. The van der Waals surface area contributed by atoms with Gasteiger partial charge in [-0.05, 0) is 64.2 Å². The fourth-order valence-electron chi connectivity index (χ4n) is 6.21. The molecule has 5 N–H and O–H groups in total. The number of amides is 1. The van der Waals surface area contributed by atoms with Crippen LogP contribution in [0.3, 0.4) is 0 Å². The summed E-state index contributed by atoms with van der Waals surface area (Å²) in [7, 11) is 0. The van der Waals surface area contributed by atoms with Gasteiger partial charge in [-0.3, -0.25) is 14.4 Å². The number of hydrogen-bond acceptors (Lipinski definition) is 4. The molecule has 1 atom stereocenters. The molecule has 276 valence electrons. The molecular formula is C42H80N2O3. The Morgan fingerprint density at radius 1 is 0.511 bits per heavy atom. The van der Waals surface area contributed by atoms with Crippen LogP contribution in [0.4, 0.5) is 0 Å². The highest BCUT2D eigenvalue weighted by Gasteiger charge is 2.40. The van der Waals surface area contributed by atoms with E-state index in [9.17, 15) is 14.4 Å². The third-order valence-electron chi connectivity index (χ3n) is 9.73. The molecule has 0 aromatic rings. The van der Waals surface area contributed by atoms with Gasteiger partial charge in [0.15, 0.2) is 0 Å². The Balaban J connectivity index is 0. The molecule has 1 amide bonds. The molecule has 5 nitrogen and oxygen atoms in total. The normalized spacial score (nSPS) is 12.5. The lowest BCUT2D eigenvalue weighted by molar-refractivity contribution is -0.139. The average molecular weight is 661 g/mol.